The Balaban J connectivity index is 2.03. The number of benzene rings is 1. The van der Waals surface area contributed by atoms with Crippen LogP contribution in [0.25, 0.3) is 0 Å². The number of nitrogens with one attached hydrogen (secondary N) is 1. The number of halogens is 3. The first-order valence-electron chi connectivity index (χ1n) is 6.91. The molecule has 1 N–H and O–H groups in total. The molecule has 2 atom stereocenters. The topological polar surface area (TPSA) is 72.5 Å². The van der Waals surface area contributed by atoms with Crippen molar-refractivity contribution in [2.75, 3.05) is 12.4 Å². The molecule has 9 heteroatoms. The third kappa shape index (κ3) is 3.77. The SMILES string of the molecule is COC(=O)[C@H]1CC[C@@H](Nc2ccc(S(=O)(=O)C(F)(F)F)cc2)C1. The average Bonchev–Trinajstić information content (AvgIpc) is 2.94. The molecule has 0 bridgehead atoms. The van der Waals surface area contributed by atoms with E-state index in [9.17, 15) is 26.4 Å². The molecular weight excluding hydrogens is 335 g/mol. The molecule has 2 rings (SSSR count). The summed E-state index contributed by atoms with van der Waals surface area (Å²) in [5, 5.41) is 3.08. The van der Waals surface area contributed by atoms with Crippen molar-refractivity contribution in [3.63, 3.8) is 0 Å². The van der Waals surface area contributed by atoms with Crippen LogP contribution in [0, 0.1) is 5.92 Å². The monoisotopic (exact) mass is 351 g/mol. The maximum absolute atomic E-state index is 12.5. The fourth-order valence-electron chi connectivity index (χ4n) is 2.59. The molecule has 0 amide bonds. The van der Waals surface area contributed by atoms with E-state index in [0.717, 1.165) is 18.6 Å². The predicted octanol–water partition coefficient (Wildman–Crippen LogP) is 2.73. The third-order valence-electron chi connectivity index (χ3n) is 3.81. The molecule has 0 radical (unpaired) electrons. The molecule has 0 heterocycles. The van der Waals surface area contributed by atoms with Gasteiger partial charge in [-0.3, -0.25) is 4.79 Å². The standard InChI is InChI=1S/C14H16F3NO4S/c1-22-13(19)9-2-3-11(8-9)18-10-4-6-12(7-5-10)23(20,21)14(15,16)17/h4-7,9,11,18H,2-3,8H2,1H3/t9-,11+/m0/s1. The van der Waals surface area contributed by atoms with Gasteiger partial charge in [0.25, 0.3) is 9.84 Å². The Hall–Kier alpha value is -1.77. The van der Waals surface area contributed by atoms with Gasteiger partial charge in [-0.15, -0.1) is 0 Å². The fourth-order valence-corrected chi connectivity index (χ4v) is 3.35. The largest absolute Gasteiger partial charge is 0.501 e. The molecule has 1 saturated carbocycles. The van der Waals surface area contributed by atoms with Gasteiger partial charge in [-0.1, -0.05) is 0 Å². The van der Waals surface area contributed by atoms with E-state index < -0.39 is 20.2 Å². The number of sulfone groups is 1. The second-order valence-corrected chi connectivity index (χ2v) is 7.29. The van der Waals surface area contributed by atoms with Gasteiger partial charge in [-0.2, -0.15) is 13.2 Å². The van der Waals surface area contributed by atoms with E-state index in [-0.39, 0.29) is 17.9 Å². The van der Waals surface area contributed by atoms with E-state index in [2.05, 4.69) is 10.1 Å². The van der Waals surface area contributed by atoms with Gasteiger partial charge in [0.1, 0.15) is 0 Å². The minimum Gasteiger partial charge on any atom is -0.469 e. The molecule has 1 aliphatic rings. The van der Waals surface area contributed by atoms with Crippen molar-refractivity contribution >= 4 is 21.5 Å². The number of methoxy groups -OCH3 is 1. The van der Waals surface area contributed by atoms with Gasteiger partial charge >= 0.3 is 11.5 Å². The highest BCUT2D eigenvalue weighted by Crippen LogP contribution is 2.32. The summed E-state index contributed by atoms with van der Waals surface area (Å²) in [6.07, 6.45) is 1.96. The number of carbonyl (C=O) groups is 1. The molecule has 1 fully saturated rings. The molecule has 1 aliphatic carbocycles. The highest BCUT2D eigenvalue weighted by atomic mass is 32.2. The first-order chi connectivity index (χ1) is 10.6. The summed E-state index contributed by atoms with van der Waals surface area (Å²) in [5.41, 5.74) is -4.82. The van der Waals surface area contributed by atoms with Crippen LogP contribution in [0.3, 0.4) is 0 Å². The van der Waals surface area contributed by atoms with Crippen LogP contribution >= 0.6 is 0 Å². The zero-order valence-corrected chi connectivity index (χ0v) is 13.1. The van der Waals surface area contributed by atoms with E-state index in [4.69, 9.17) is 0 Å². The van der Waals surface area contributed by atoms with E-state index in [1.807, 2.05) is 0 Å². The van der Waals surface area contributed by atoms with Crippen LogP contribution in [0.4, 0.5) is 18.9 Å². The molecule has 1 aromatic rings. The highest BCUT2D eigenvalue weighted by Gasteiger charge is 2.46. The predicted molar refractivity (Wildman–Crippen MR) is 76.5 cm³/mol. The number of ether oxygens (including phenoxy) is 1. The van der Waals surface area contributed by atoms with Crippen LogP contribution in [0.5, 0.6) is 0 Å². The molecular formula is C14H16F3NO4S. The Morgan fingerprint density at radius 3 is 2.35 bits per heavy atom. The molecule has 23 heavy (non-hydrogen) atoms. The molecule has 0 unspecified atom stereocenters. The number of anilines is 1. The van der Waals surface area contributed by atoms with Crippen LogP contribution in [0.1, 0.15) is 19.3 Å². The smallest absolute Gasteiger partial charge is 0.469 e. The zero-order valence-electron chi connectivity index (χ0n) is 12.3. The van der Waals surface area contributed by atoms with Crippen molar-refractivity contribution in [1.29, 1.82) is 0 Å². The number of hydrogen-bond donors (Lipinski definition) is 1. The van der Waals surface area contributed by atoms with Gasteiger partial charge in [0.2, 0.25) is 0 Å². The number of alkyl halides is 3. The lowest BCUT2D eigenvalue weighted by Gasteiger charge is -2.15. The van der Waals surface area contributed by atoms with Gasteiger partial charge in [0, 0.05) is 11.7 Å². The van der Waals surface area contributed by atoms with Crippen LogP contribution in [-0.2, 0) is 19.4 Å². The molecule has 5 nitrogen and oxygen atoms in total. The van der Waals surface area contributed by atoms with Crippen molar-refractivity contribution in [3.05, 3.63) is 24.3 Å². The van der Waals surface area contributed by atoms with Gasteiger partial charge in [0.05, 0.1) is 17.9 Å². The van der Waals surface area contributed by atoms with Crippen molar-refractivity contribution in [1.82, 2.24) is 0 Å². The second kappa shape index (κ2) is 6.38. The van der Waals surface area contributed by atoms with Crippen molar-refractivity contribution in [2.24, 2.45) is 5.92 Å². The van der Waals surface area contributed by atoms with Gasteiger partial charge < -0.3 is 10.1 Å². The third-order valence-corrected chi connectivity index (χ3v) is 5.31. The lowest BCUT2D eigenvalue weighted by atomic mass is 10.1. The summed E-state index contributed by atoms with van der Waals surface area (Å²) in [7, 11) is -4.01. The zero-order chi connectivity index (χ0) is 17.3. The quantitative estimate of drug-likeness (QED) is 0.845. The molecule has 0 aromatic heterocycles. The summed E-state index contributed by atoms with van der Waals surface area (Å²) < 4.78 is 64.6. The van der Waals surface area contributed by atoms with Gasteiger partial charge in [-0.25, -0.2) is 8.42 Å². The second-order valence-electron chi connectivity index (χ2n) is 5.35. The summed E-state index contributed by atoms with van der Waals surface area (Å²) >= 11 is 0. The van der Waals surface area contributed by atoms with Crippen LogP contribution in [-0.4, -0.2) is 33.0 Å². The summed E-state index contributed by atoms with van der Waals surface area (Å²) in [6.45, 7) is 0. The normalized spacial score (nSPS) is 21.9. The molecule has 0 spiro atoms. The number of esters is 1. The maximum Gasteiger partial charge on any atom is 0.501 e. The lowest BCUT2D eigenvalue weighted by Crippen LogP contribution is -2.23. The Bertz CT molecular complexity index is 670. The number of carbonyl (C=O) groups excluding carboxylic acids is 1. The highest BCUT2D eigenvalue weighted by molar-refractivity contribution is 7.92. The summed E-state index contributed by atoms with van der Waals surface area (Å²) in [5.74, 6) is -0.469. The Morgan fingerprint density at radius 2 is 1.83 bits per heavy atom. The molecule has 0 saturated heterocycles. The minimum atomic E-state index is -5.33. The van der Waals surface area contributed by atoms with E-state index >= 15 is 0 Å². The molecule has 0 aliphatic heterocycles. The van der Waals surface area contributed by atoms with Gasteiger partial charge in [0.15, 0.2) is 0 Å². The van der Waals surface area contributed by atoms with Crippen molar-refractivity contribution < 1.29 is 31.1 Å². The average molecular weight is 351 g/mol. The van der Waals surface area contributed by atoms with E-state index in [1.165, 1.54) is 19.2 Å². The fraction of sp³-hybridized carbons (Fsp3) is 0.500. The molecule has 1 aromatic carbocycles. The number of hydrogen-bond acceptors (Lipinski definition) is 5. The van der Waals surface area contributed by atoms with Gasteiger partial charge in [-0.05, 0) is 43.5 Å². The van der Waals surface area contributed by atoms with E-state index in [1.54, 1.807) is 0 Å². The Labute approximate surface area is 131 Å². The summed E-state index contributed by atoms with van der Waals surface area (Å²) in [4.78, 5) is 10.6. The van der Waals surface area contributed by atoms with Crippen LogP contribution < -0.4 is 5.32 Å². The Morgan fingerprint density at radius 1 is 1.22 bits per heavy atom. The van der Waals surface area contributed by atoms with E-state index in [0.29, 0.717) is 18.5 Å². The van der Waals surface area contributed by atoms with Crippen LogP contribution in [0.15, 0.2) is 29.2 Å². The first-order valence-corrected chi connectivity index (χ1v) is 8.39. The number of rotatable bonds is 4. The molecule has 128 valence electrons. The maximum atomic E-state index is 12.5. The first kappa shape index (κ1) is 17.6. The van der Waals surface area contributed by atoms with Crippen LogP contribution in [0.2, 0.25) is 0 Å². The Kier molecular flexibility index (Phi) is 4.88. The lowest BCUT2D eigenvalue weighted by molar-refractivity contribution is -0.145. The summed E-state index contributed by atoms with van der Waals surface area (Å²) in [6, 6.07) is 4.38. The van der Waals surface area contributed by atoms with Crippen molar-refractivity contribution in [3.8, 4) is 0 Å². The van der Waals surface area contributed by atoms with Crippen molar-refractivity contribution in [2.45, 2.75) is 35.7 Å². The minimum absolute atomic E-state index is 0.0100.